The first kappa shape index (κ1) is 21.1. The van der Waals surface area contributed by atoms with Crippen molar-refractivity contribution in [1.29, 1.82) is 0 Å². The summed E-state index contributed by atoms with van der Waals surface area (Å²) in [6, 6.07) is 13.5. The fraction of sp³-hybridized carbons (Fsp3) is 0.364. The number of carbonyl (C=O) groups excluding carboxylic acids is 1. The molecule has 0 aliphatic rings. The molecule has 0 spiro atoms. The number of nitrogens with zero attached hydrogens (tertiary/aromatic N) is 3. The number of ether oxygens (including phenoxy) is 2. The van der Waals surface area contributed by atoms with Gasteiger partial charge < -0.3 is 14.4 Å². The highest BCUT2D eigenvalue weighted by molar-refractivity contribution is 7.22. The summed E-state index contributed by atoms with van der Waals surface area (Å²) in [6.07, 6.45) is 0.319. The average Bonchev–Trinajstić information content (AvgIpc) is 3.12. The molecule has 3 aromatic rings. The summed E-state index contributed by atoms with van der Waals surface area (Å²) in [5.74, 6) is 1.63. The van der Waals surface area contributed by atoms with E-state index in [1.165, 1.54) is 11.3 Å². The molecular formula is C22H27N3O3S. The molecule has 0 aliphatic carbocycles. The largest absolute Gasteiger partial charge is 0.497 e. The number of likely N-dealkylation sites (N-methyl/N-ethyl adjacent to an activating group) is 1. The Labute approximate surface area is 175 Å². The predicted octanol–water partition coefficient (Wildman–Crippen LogP) is 3.84. The van der Waals surface area contributed by atoms with Crippen LogP contribution in [-0.2, 0) is 11.2 Å². The Kier molecular flexibility index (Phi) is 7.06. The summed E-state index contributed by atoms with van der Waals surface area (Å²) in [4.78, 5) is 21.7. The second kappa shape index (κ2) is 9.71. The molecule has 0 N–H and O–H groups in total. The number of hydrogen-bond acceptors (Lipinski definition) is 6. The van der Waals surface area contributed by atoms with Crippen LogP contribution < -0.4 is 14.4 Å². The SMILES string of the molecule is CCOc1ccc(CC(=O)N(CCN(C)C)c2nc3ccc(OC)cc3s2)cc1. The van der Waals surface area contributed by atoms with Crippen LogP contribution in [0, 0.1) is 0 Å². The first-order chi connectivity index (χ1) is 14.0. The van der Waals surface area contributed by atoms with E-state index >= 15 is 0 Å². The summed E-state index contributed by atoms with van der Waals surface area (Å²) in [7, 11) is 5.64. The quantitative estimate of drug-likeness (QED) is 0.533. The summed E-state index contributed by atoms with van der Waals surface area (Å²) in [5, 5.41) is 0.714. The lowest BCUT2D eigenvalue weighted by Gasteiger charge is -2.22. The highest BCUT2D eigenvalue weighted by Gasteiger charge is 2.20. The summed E-state index contributed by atoms with van der Waals surface area (Å²) < 4.78 is 11.8. The van der Waals surface area contributed by atoms with Gasteiger partial charge in [0.1, 0.15) is 11.5 Å². The number of carbonyl (C=O) groups is 1. The zero-order chi connectivity index (χ0) is 20.8. The highest BCUT2D eigenvalue weighted by atomic mass is 32.1. The summed E-state index contributed by atoms with van der Waals surface area (Å²) in [6.45, 7) is 3.92. The lowest BCUT2D eigenvalue weighted by molar-refractivity contribution is -0.118. The van der Waals surface area contributed by atoms with E-state index in [1.807, 2.05) is 63.5 Å². The Hall–Kier alpha value is -2.64. The fourth-order valence-electron chi connectivity index (χ4n) is 2.90. The molecule has 3 rings (SSSR count). The van der Waals surface area contributed by atoms with Gasteiger partial charge in [-0.1, -0.05) is 23.5 Å². The van der Waals surface area contributed by atoms with Gasteiger partial charge in [0.25, 0.3) is 0 Å². The number of aromatic nitrogens is 1. The molecule has 0 radical (unpaired) electrons. The number of hydrogen-bond donors (Lipinski definition) is 0. The van der Waals surface area contributed by atoms with Crippen molar-refractivity contribution >= 4 is 32.6 Å². The van der Waals surface area contributed by atoms with Crippen molar-refractivity contribution in [2.24, 2.45) is 0 Å². The number of rotatable bonds is 9. The molecule has 29 heavy (non-hydrogen) atoms. The van der Waals surface area contributed by atoms with Gasteiger partial charge in [0.2, 0.25) is 5.91 Å². The Morgan fingerprint density at radius 1 is 1.07 bits per heavy atom. The fourth-order valence-corrected chi connectivity index (χ4v) is 3.94. The van der Waals surface area contributed by atoms with Crippen LogP contribution >= 0.6 is 11.3 Å². The topological polar surface area (TPSA) is 54.9 Å². The highest BCUT2D eigenvalue weighted by Crippen LogP contribution is 2.31. The van der Waals surface area contributed by atoms with Crippen LogP contribution in [0.3, 0.4) is 0 Å². The van der Waals surface area contributed by atoms with Crippen molar-refractivity contribution in [2.75, 3.05) is 45.8 Å². The smallest absolute Gasteiger partial charge is 0.233 e. The molecule has 0 bridgehead atoms. The molecule has 1 amide bonds. The van der Waals surface area contributed by atoms with E-state index in [1.54, 1.807) is 12.0 Å². The van der Waals surface area contributed by atoms with E-state index in [0.29, 0.717) is 24.7 Å². The normalized spacial score (nSPS) is 11.1. The zero-order valence-electron chi connectivity index (χ0n) is 17.3. The number of amides is 1. The molecule has 6 nitrogen and oxygen atoms in total. The van der Waals surface area contributed by atoms with E-state index in [9.17, 15) is 4.79 Å². The zero-order valence-corrected chi connectivity index (χ0v) is 18.2. The molecule has 154 valence electrons. The van der Waals surface area contributed by atoms with Crippen molar-refractivity contribution in [3.8, 4) is 11.5 Å². The standard InChI is InChI=1S/C22H27N3O3S/c1-5-28-17-8-6-16(7-9-17)14-21(26)25(13-12-24(2)3)22-23-19-11-10-18(27-4)15-20(19)29-22/h6-11,15H,5,12-14H2,1-4H3. The molecule has 1 aromatic heterocycles. The Morgan fingerprint density at radius 3 is 2.45 bits per heavy atom. The first-order valence-corrected chi connectivity index (χ1v) is 10.4. The minimum absolute atomic E-state index is 0.0297. The van der Waals surface area contributed by atoms with Gasteiger partial charge in [0.05, 0.1) is 30.4 Å². The second-order valence-corrected chi connectivity index (χ2v) is 7.94. The van der Waals surface area contributed by atoms with Gasteiger partial charge in [-0.15, -0.1) is 0 Å². The summed E-state index contributed by atoms with van der Waals surface area (Å²) >= 11 is 1.51. The van der Waals surface area contributed by atoms with E-state index in [-0.39, 0.29) is 5.91 Å². The van der Waals surface area contributed by atoms with Crippen LogP contribution in [0.15, 0.2) is 42.5 Å². The minimum Gasteiger partial charge on any atom is -0.497 e. The van der Waals surface area contributed by atoms with Gasteiger partial charge in [-0.2, -0.15) is 0 Å². The molecular weight excluding hydrogens is 386 g/mol. The predicted molar refractivity (Wildman–Crippen MR) is 118 cm³/mol. The number of fused-ring (bicyclic) bond motifs is 1. The Bertz CT molecular complexity index is 954. The van der Waals surface area contributed by atoms with Gasteiger partial charge in [-0.05, 0) is 56.9 Å². The van der Waals surface area contributed by atoms with Gasteiger partial charge in [-0.3, -0.25) is 9.69 Å². The van der Waals surface area contributed by atoms with Crippen LogP contribution in [-0.4, -0.2) is 56.7 Å². The molecule has 0 saturated carbocycles. The first-order valence-electron chi connectivity index (χ1n) is 9.61. The number of anilines is 1. The van der Waals surface area contributed by atoms with E-state index in [0.717, 1.165) is 33.8 Å². The van der Waals surface area contributed by atoms with Gasteiger partial charge in [0.15, 0.2) is 5.13 Å². The average molecular weight is 414 g/mol. The molecule has 7 heteroatoms. The monoisotopic (exact) mass is 413 g/mol. The molecule has 0 unspecified atom stereocenters. The molecule has 0 saturated heterocycles. The lowest BCUT2D eigenvalue weighted by Crippen LogP contribution is -2.37. The van der Waals surface area contributed by atoms with Crippen molar-refractivity contribution in [3.05, 3.63) is 48.0 Å². The van der Waals surface area contributed by atoms with Crippen molar-refractivity contribution in [2.45, 2.75) is 13.3 Å². The second-order valence-electron chi connectivity index (χ2n) is 6.93. The minimum atomic E-state index is 0.0297. The molecule has 0 aliphatic heterocycles. The van der Waals surface area contributed by atoms with Gasteiger partial charge in [-0.25, -0.2) is 4.98 Å². The van der Waals surface area contributed by atoms with Crippen LogP contribution in [0.25, 0.3) is 10.2 Å². The molecule has 2 aromatic carbocycles. The third-order valence-corrected chi connectivity index (χ3v) is 5.52. The Morgan fingerprint density at radius 2 is 1.79 bits per heavy atom. The molecule has 0 fully saturated rings. The van der Waals surface area contributed by atoms with E-state index in [2.05, 4.69) is 4.90 Å². The maximum absolute atomic E-state index is 13.2. The van der Waals surface area contributed by atoms with Crippen LogP contribution in [0.5, 0.6) is 11.5 Å². The van der Waals surface area contributed by atoms with Gasteiger partial charge >= 0.3 is 0 Å². The van der Waals surface area contributed by atoms with Crippen molar-refractivity contribution < 1.29 is 14.3 Å². The van der Waals surface area contributed by atoms with E-state index < -0.39 is 0 Å². The molecule has 1 heterocycles. The number of thiazole rings is 1. The van der Waals surface area contributed by atoms with Crippen LogP contribution in [0.1, 0.15) is 12.5 Å². The lowest BCUT2D eigenvalue weighted by atomic mass is 10.1. The summed E-state index contributed by atoms with van der Waals surface area (Å²) in [5.41, 5.74) is 1.82. The van der Waals surface area contributed by atoms with Gasteiger partial charge in [0, 0.05) is 13.1 Å². The molecule has 0 atom stereocenters. The maximum atomic E-state index is 13.2. The number of benzene rings is 2. The maximum Gasteiger partial charge on any atom is 0.233 e. The van der Waals surface area contributed by atoms with E-state index in [4.69, 9.17) is 14.5 Å². The third kappa shape index (κ3) is 5.46. The van der Waals surface area contributed by atoms with Crippen LogP contribution in [0.4, 0.5) is 5.13 Å². The Balaban J connectivity index is 1.82. The van der Waals surface area contributed by atoms with Crippen LogP contribution in [0.2, 0.25) is 0 Å². The number of methoxy groups -OCH3 is 1. The third-order valence-electron chi connectivity index (χ3n) is 4.48. The van der Waals surface area contributed by atoms with Crippen molar-refractivity contribution in [3.63, 3.8) is 0 Å². The van der Waals surface area contributed by atoms with Crippen molar-refractivity contribution in [1.82, 2.24) is 9.88 Å².